The van der Waals surface area contributed by atoms with Crippen LogP contribution in [0.3, 0.4) is 0 Å². The van der Waals surface area contributed by atoms with Crippen molar-refractivity contribution in [2.24, 2.45) is 0 Å². The summed E-state index contributed by atoms with van der Waals surface area (Å²) in [5.41, 5.74) is 0. The maximum absolute atomic E-state index is 8.56. The Morgan fingerprint density at radius 2 is 0.714 bits per heavy atom. The molecule has 0 aliphatic carbocycles. The van der Waals surface area contributed by atoms with Gasteiger partial charge < -0.3 is 40.2 Å². The average molecular weight is 231 g/mol. The van der Waals surface area contributed by atoms with Gasteiger partial charge in [-0.3, -0.25) is 0 Å². The predicted molar refractivity (Wildman–Crippen MR) is 33.0 cm³/mol. The fourth-order valence-corrected chi connectivity index (χ4v) is 0. The first-order valence-electron chi connectivity index (χ1n) is 1.88. The van der Waals surface area contributed by atoms with E-state index in [2.05, 4.69) is 0 Å². The first kappa shape index (κ1) is 29.2. The van der Waals surface area contributed by atoms with Crippen LogP contribution in [0.25, 0.3) is 0 Å². The molecule has 72 valence electrons. The normalized spacial score (nSPS) is 5.14. The standard InChI is InChI=1S/3CH2O3.2Mg/c3*2-1(3)4;;/h3*(H2,2,3,4);;/q;;;2*+2/p-4. The van der Waals surface area contributed by atoms with E-state index >= 15 is 0 Å². The van der Waals surface area contributed by atoms with E-state index in [1.54, 1.807) is 0 Å². The summed E-state index contributed by atoms with van der Waals surface area (Å²) in [5, 5.41) is 47.3. The van der Waals surface area contributed by atoms with Crippen molar-refractivity contribution in [2.45, 2.75) is 0 Å². The zero-order valence-electron chi connectivity index (χ0n) is 6.67. The number of hydrogen-bond acceptors (Lipinski definition) is 7. The molecule has 0 aliphatic rings. The van der Waals surface area contributed by atoms with E-state index < -0.39 is 18.5 Å². The van der Waals surface area contributed by atoms with Crippen LogP contribution in [0.5, 0.6) is 0 Å². The van der Waals surface area contributed by atoms with E-state index in [1.807, 2.05) is 0 Å². The van der Waals surface area contributed by atoms with Crippen molar-refractivity contribution in [3.8, 4) is 0 Å². The summed E-state index contributed by atoms with van der Waals surface area (Å²) in [7, 11) is 0. The third-order valence-electron chi connectivity index (χ3n) is 0. The Morgan fingerprint density at radius 1 is 0.714 bits per heavy atom. The Bertz CT molecular complexity index is 116. The smallest absolute Gasteiger partial charge is 0.652 e. The minimum atomic E-state index is -2.33. The van der Waals surface area contributed by atoms with Crippen LogP contribution in [0.15, 0.2) is 0 Å². The van der Waals surface area contributed by atoms with Crippen LogP contribution in [-0.2, 0) is 0 Å². The molecule has 0 aromatic carbocycles. The van der Waals surface area contributed by atoms with Gasteiger partial charge >= 0.3 is 52.3 Å². The Labute approximate surface area is 109 Å². The van der Waals surface area contributed by atoms with E-state index in [0.29, 0.717) is 0 Å². The second-order valence-corrected chi connectivity index (χ2v) is 0.783. The SMILES string of the molecule is O=C(O)O.O=C([O-])[O-].O=C([O-])[O-].[Mg+2].[Mg+2]. The zero-order chi connectivity index (χ0) is 10.7. The van der Waals surface area contributed by atoms with Gasteiger partial charge in [0, 0.05) is 0 Å². The third kappa shape index (κ3) is 2810. The molecule has 0 bridgehead atoms. The molecular weight excluding hydrogens is 229 g/mol. The molecule has 0 aromatic heterocycles. The molecule has 0 heterocycles. The molecule has 0 rings (SSSR count). The Morgan fingerprint density at radius 3 is 0.714 bits per heavy atom. The van der Waals surface area contributed by atoms with Crippen LogP contribution in [-0.4, -0.2) is 74.8 Å². The molecule has 0 atom stereocenters. The summed E-state index contributed by atoms with van der Waals surface area (Å²) in [6, 6.07) is 0. The monoisotopic (exact) mass is 230 g/mol. The summed E-state index contributed by atoms with van der Waals surface area (Å²) in [5.74, 6) is 0. The molecule has 0 saturated carbocycles. The van der Waals surface area contributed by atoms with Crippen molar-refractivity contribution in [3.05, 3.63) is 0 Å². The van der Waals surface area contributed by atoms with Gasteiger partial charge in [-0.25, -0.2) is 4.79 Å². The molecular formula is C3H2Mg2O9. The summed E-state index contributed by atoms with van der Waals surface area (Å²) in [6.07, 6.45) is -6.50. The van der Waals surface area contributed by atoms with Gasteiger partial charge in [-0.05, 0) is 12.3 Å². The zero-order valence-corrected chi connectivity index (χ0v) is 9.49. The van der Waals surface area contributed by atoms with Gasteiger partial charge in [0.2, 0.25) is 0 Å². The first-order chi connectivity index (χ1) is 5.20. The molecule has 0 fully saturated rings. The summed E-state index contributed by atoms with van der Waals surface area (Å²) >= 11 is 0. The predicted octanol–water partition coefficient (Wildman–Crippen LogP) is -5.43. The molecule has 2 N–H and O–H groups in total. The van der Waals surface area contributed by atoms with Gasteiger partial charge in [-0.1, -0.05) is 0 Å². The minimum Gasteiger partial charge on any atom is -0.652 e. The fourth-order valence-electron chi connectivity index (χ4n) is 0. The van der Waals surface area contributed by atoms with E-state index in [-0.39, 0.29) is 46.1 Å². The number of rotatable bonds is 0. The summed E-state index contributed by atoms with van der Waals surface area (Å²) in [6.45, 7) is 0. The quantitative estimate of drug-likeness (QED) is 0.383. The largest absolute Gasteiger partial charge is 2.00 e. The average Bonchev–Trinajstić information content (AvgIpc) is 1.54. The minimum absolute atomic E-state index is 0. The van der Waals surface area contributed by atoms with Crippen molar-refractivity contribution >= 4 is 64.6 Å². The second-order valence-electron chi connectivity index (χ2n) is 0.783. The fraction of sp³-hybridized carbons (Fsp3) is 0. The van der Waals surface area contributed by atoms with Gasteiger partial charge in [0.1, 0.15) is 0 Å². The molecule has 0 amide bonds. The van der Waals surface area contributed by atoms with Crippen LogP contribution in [0, 0.1) is 0 Å². The van der Waals surface area contributed by atoms with Crippen molar-refractivity contribution in [1.82, 2.24) is 0 Å². The van der Waals surface area contributed by atoms with E-state index in [9.17, 15) is 0 Å². The van der Waals surface area contributed by atoms with Gasteiger partial charge in [0.05, 0.1) is 0 Å². The Balaban J connectivity index is -0.0000000270. The van der Waals surface area contributed by atoms with Crippen LogP contribution >= 0.6 is 0 Å². The van der Waals surface area contributed by atoms with Gasteiger partial charge in [0.25, 0.3) is 0 Å². The molecule has 11 heteroatoms. The molecule has 9 nitrogen and oxygen atoms in total. The van der Waals surface area contributed by atoms with Crippen LogP contribution in [0.4, 0.5) is 14.4 Å². The van der Waals surface area contributed by atoms with E-state index in [0.717, 1.165) is 0 Å². The summed E-state index contributed by atoms with van der Waals surface area (Å²) in [4.78, 5) is 25.2. The van der Waals surface area contributed by atoms with Gasteiger partial charge in [0.15, 0.2) is 0 Å². The van der Waals surface area contributed by atoms with Crippen molar-refractivity contribution < 1.29 is 45.0 Å². The van der Waals surface area contributed by atoms with Crippen LogP contribution < -0.4 is 20.4 Å². The molecule has 0 spiro atoms. The van der Waals surface area contributed by atoms with Crippen LogP contribution in [0.2, 0.25) is 0 Å². The van der Waals surface area contributed by atoms with E-state index in [4.69, 9.17) is 45.0 Å². The molecule has 0 aromatic rings. The number of carbonyl (C=O) groups excluding carboxylic acids is 2. The van der Waals surface area contributed by atoms with Gasteiger partial charge in [-0.2, -0.15) is 0 Å². The molecule has 0 unspecified atom stereocenters. The second kappa shape index (κ2) is 22.8. The maximum Gasteiger partial charge on any atom is 2.00 e. The van der Waals surface area contributed by atoms with Crippen LogP contribution in [0.1, 0.15) is 0 Å². The molecule has 0 saturated heterocycles. The number of carbonyl (C=O) groups is 3. The molecule has 0 aliphatic heterocycles. The molecule has 0 radical (unpaired) electrons. The first-order valence-corrected chi connectivity index (χ1v) is 1.88. The Kier molecular flexibility index (Phi) is 47.6. The Hall–Kier alpha value is -0.658. The number of carboxylic acid groups (broad SMARTS) is 6. The number of hydrogen-bond donors (Lipinski definition) is 2. The third-order valence-corrected chi connectivity index (χ3v) is 0. The topological polar surface area (TPSA) is 184 Å². The van der Waals surface area contributed by atoms with E-state index in [1.165, 1.54) is 0 Å². The van der Waals surface area contributed by atoms with Crippen molar-refractivity contribution in [1.29, 1.82) is 0 Å². The van der Waals surface area contributed by atoms with Crippen molar-refractivity contribution in [3.63, 3.8) is 0 Å². The van der Waals surface area contributed by atoms with Gasteiger partial charge in [-0.15, -0.1) is 0 Å². The summed E-state index contributed by atoms with van der Waals surface area (Å²) < 4.78 is 0. The van der Waals surface area contributed by atoms with Crippen molar-refractivity contribution in [2.75, 3.05) is 0 Å². The molecule has 14 heavy (non-hydrogen) atoms. The maximum atomic E-state index is 8.56.